The van der Waals surface area contributed by atoms with Gasteiger partial charge >= 0.3 is 5.97 Å². The number of carboxylic acids is 1. The van der Waals surface area contributed by atoms with Crippen molar-refractivity contribution in [3.8, 4) is 5.75 Å². The second-order valence-electron chi connectivity index (χ2n) is 6.73. The monoisotopic (exact) mass is 442 g/mol. The highest BCUT2D eigenvalue weighted by atomic mass is 35.5. The Morgan fingerprint density at radius 1 is 1.24 bits per heavy atom. The van der Waals surface area contributed by atoms with E-state index < -0.39 is 23.4 Å². The molecule has 0 radical (unpaired) electrons. The third-order valence-corrected chi connectivity index (χ3v) is 5.17. The van der Waals surface area contributed by atoms with E-state index in [9.17, 15) is 13.6 Å². The van der Waals surface area contributed by atoms with Gasteiger partial charge in [0.2, 0.25) is 0 Å². The molecule has 0 saturated heterocycles. The fraction of sp³-hybridized carbons (Fsp3) is 0.300. The molecule has 0 aliphatic carbocycles. The highest BCUT2D eigenvalue weighted by molar-refractivity contribution is 6.42. The molecule has 0 spiro atoms. The molecule has 5 nitrogen and oxygen atoms in total. The zero-order valence-electron chi connectivity index (χ0n) is 15.5. The Balaban J connectivity index is 1.73. The van der Waals surface area contributed by atoms with Crippen molar-refractivity contribution >= 4 is 40.6 Å². The first-order chi connectivity index (χ1) is 13.7. The summed E-state index contributed by atoms with van der Waals surface area (Å²) in [7, 11) is 0. The second kappa shape index (κ2) is 8.97. The minimum atomic E-state index is -1.04. The van der Waals surface area contributed by atoms with Crippen molar-refractivity contribution in [3.63, 3.8) is 0 Å². The summed E-state index contributed by atoms with van der Waals surface area (Å²) in [6, 6.07) is 6.97. The van der Waals surface area contributed by atoms with Crippen LogP contribution >= 0.6 is 23.2 Å². The average molecular weight is 443 g/mol. The molecule has 2 aromatic rings. The zero-order chi connectivity index (χ0) is 21.1. The summed E-state index contributed by atoms with van der Waals surface area (Å²) in [5.41, 5.74) is 1.79. The average Bonchev–Trinajstić information content (AvgIpc) is 3.02. The summed E-state index contributed by atoms with van der Waals surface area (Å²) in [6.07, 6.45) is 0.376. The molecular weight excluding hydrogens is 425 g/mol. The summed E-state index contributed by atoms with van der Waals surface area (Å²) >= 11 is 12.0. The maximum Gasteiger partial charge on any atom is 0.303 e. The van der Waals surface area contributed by atoms with Crippen molar-refractivity contribution < 1.29 is 23.4 Å². The predicted octanol–water partition coefficient (Wildman–Crippen LogP) is 5.32. The number of carboxylic acid groups (broad SMARTS) is 1. The lowest BCUT2D eigenvalue weighted by molar-refractivity contribution is -0.136. The van der Waals surface area contributed by atoms with Gasteiger partial charge in [0.15, 0.2) is 17.4 Å². The largest absolute Gasteiger partial charge is 0.485 e. The molecule has 1 atom stereocenters. The van der Waals surface area contributed by atoms with E-state index in [0.717, 1.165) is 17.8 Å². The molecule has 1 aliphatic rings. The van der Waals surface area contributed by atoms with Crippen LogP contribution in [0.25, 0.3) is 0 Å². The number of carbonyl (C=O) groups is 1. The van der Waals surface area contributed by atoms with Crippen molar-refractivity contribution in [1.82, 2.24) is 0 Å². The van der Waals surface area contributed by atoms with Gasteiger partial charge < -0.3 is 9.84 Å². The van der Waals surface area contributed by atoms with Gasteiger partial charge in [-0.05, 0) is 49.2 Å². The van der Waals surface area contributed by atoms with Crippen LogP contribution in [0.2, 0.25) is 10.0 Å². The topological polar surface area (TPSA) is 62.1 Å². The van der Waals surface area contributed by atoms with Crippen molar-refractivity contribution in [2.24, 2.45) is 5.10 Å². The zero-order valence-corrected chi connectivity index (χ0v) is 17.0. The van der Waals surface area contributed by atoms with Crippen molar-refractivity contribution in [2.45, 2.75) is 32.2 Å². The highest BCUT2D eigenvalue weighted by Crippen LogP contribution is 2.32. The van der Waals surface area contributed by atoms with Gasteiger partial charge in [0, 0.05) is 18.6 Å². The summed E-state index contributed by atoms with van der Waals surface area (Å²) in [5, 5.41) is 15.6. The molecule has 0 amide bonds. The molecule has 1 N–H and O–H groups in total. The number of anilines is 1. The Bertz CT molecular complexity index is 946. The predicted molar refractivity (Wildman–Crippen MR) is 108 cm³/mol. The van der Waals surface area contributed by atoms with Crippen molar-refractivity contribution in [3.05, 3.63) is 57.6 Å². The standard InChI is InChI=1S/C20H18Cl2F2N2O3/c1-11-6-14(26(25-11)13-3-4-15(21)16(22)9-13)10-29-20-17(23)7-12(8-18(20)24)2-5-19(27)28/h3-4,7-9,14H,2,5-6,10H2,1H3,(H,27,28). The summed E-state index contributed by atoms with van der Waals surface area (Å²) in [5.74, 6) is -3.28. The number of ether oxygens (including phenoxy) is 1. The lowest BCUT2D eigenvalue weighted by Gasteiger charge is -2.24. The number of rotatable bonds is 7. The summed E-state index contributed by atoms with van der Waals surface area (Å²) in [4.78, 5) is 10.6. The SMILES string of the molecule is CC1=NN(c2ccc(Cl)c(Cl)c2)C(COc2c(F)cc(CCC(=O)O)cc2F)C1. The number of aliphatic carboxylic acids is 1. The van der Waals surface area contributed by atoms with Crippen LogP contribution in [0.15, 0.2) is 35.4 Å². The Labute approximate surface area is 176 Å². The molecule has 3 rings (SSSR count). The van der Waals surface area contributed by atoms with Crippen LogP contribution in [0.5, 0.6) is 5.75 Å². The first-order valence-electron chi connectivity index (χ1n) is 8.85. The van der Waals surface area contributed by atoms with E-state index in [4.69, 9.17) is 33.0 Å². The molecule has 1 aliphatic heterocycles. The third-order valence-electron chi connectivity index (χ3n) is 4.43. The van der Waals surface area contributed by atoms with E-state index in [2.05, 4.69) is 5.10 Å². The van der Waals surface area contributed by atoms with Crippen LogP contribution in [0.1, 0.15) is 25.3 Å². The third kappa shape index (κ3) is 5.16. The first-order valence-corrected chi connectivity index (χ1v) is 9.61. The smallest absolute Gasteiger partial charge is 0.303 e. The fourth-order valence-electron chi connectivity index (χ4n) is 3.08. The van der Waals surface area contributed by atoms with Gasteiger partial charge in [-0.15, -0.1) is 0 Å². The van der Waals surface area contributed by atoms with E-state index in [-0.39, 0.29) is 31.1 Å². The molecular formula is C20H18Cl2F2N2O3. The minimum absolute atomic E-state index is 0.0105. The van der Waals surface area contributed by atoms with E-state index >= 15 is 0 Å². The number of hydrazone groups is 1. The number of benzene rings is 2. The van der Waals surface area contributed by atoms with E-state index in [1.807, 2.05) is 6.92 Å². The van der Waals surface area contributed by atoms with Gasteiger partial charge in [0.05, 0.1) is 21.8 Å². The molecule has 29 heavy (non-hydrogen) atoms. The van der Waals surface area contributed by atoms with E-state index in [1.54, 1.807) is 23.2 Å². The number of nitrogens with zero attached hydrogens (tertiary/aromatic N) is 2. The Morgan fingerprint density at radius 3 is 2.55 bits per heavy atom. The summed E-state index contributed by atoms with van der Waals surface area (Å²) < 4.78 is 34.1. The molecule has 0 aromatic heterocycles. The molecule has 9 heteroatoms. The van der Waals surface area contributed by atoms with Crippen LogP contribution in [0, 0.1) is 11.6 Å². The molecule has 1 unspecified atom stereocenters. The molecule has 2 aromatic carbocycles. The van der Waals surface area contributed by atoms with Gasteiger partial charge in [0.25, 0.3) is 0 Å². The number of aryl methyl sites for hydroxylation is 1. The van der Waals surface area contributed by atoms with Gasteiger partial charge in [-0.25, -0.2) is 8.78 Å². The van der Waals surface area contributed by atoms with Crippen molar-refractivity contribution in [1.29, 1.82) is 0 Å². The molecule has 0 fully saturated rings. The lowest BCUT2D eigenvalue weighted by Crippen LogP contribution is -2.32. The van der Waals surface area contributed by atoms with Crippen molar-refractivity contribution in [2.75, 3.05) is 11.6 Å². The second-order valence-corrected chi connectivity index (χ2v) is 7.54. The maximum atomic E-state index is 14.3. The van der Waals surface area contributed by atoms with Crippen LogP contribution in [-0.2, 0) is 11.2 Å². The Morgan fingerprint density at radius 2 is 1.93 bits per heavy atom. The number of hydrogen-bond acceptors (Lipinski definition) is 4. The van der Waals surface area contributed by atoms with Gasteiger partial charge in [-0.1, -0.05) is 23.2 Å². The highest BCUT2D eigenvalue weighted by Gasteiger charge is 2.28. The lowest BCUT2D eigenvalue weighted by atomic mass is 10.1. The van der Waals surface area contributed by atoms with E-state index in [0.29, 0.717) is 22.2 Å². The number of hydrogen-bond donors (Lipinski definition) is 1. The molecule has 0 saturated carbocycles. The summed E-state index contributed by atoms with van der Waals surface area (Å²) in [6.45, 7) is 1.84. The quantitative estimate of drug-likeness (QED) is 0.629. The fourth-order valence-corrected chi connectivity index (χ4v) is 3.38. The Hall–Kier alpha value is -2.38. The van der Waals surface area contributed by atoms with Crippen LogP contribution < -0.4 is 9.75 Å². The van der Waals surface area contributed by atoms with Crippen LogP contribution in [-0.4, -0.2) is 29.4 Å². The normalized spacial score (nSPS) is 16.1. The Kier molecular flexibility index (Phi) is 6.59. The molecule has 154 valence electrons. The molecule has 1 heterocycles. The first kappa shape index (κ1) is 21.3. The van der Waals surface area contributed by atoms with Gasteiger partial charge in [0.1, 0.15) is 6.61 Å². The van der Waals surface area contributed by atoms with Crippen LogP contribution in [0.3, 0.4) is 0 Å². The molecule has 0 bridgehead atoms. The van der Waals surface area contributed by atoms with E-state index in [1.165, 1.54) is 0 Å². The minimum Gasteiger partial charge on any atom is -0.485 e. The number of halogens is 4. The van der Waals surface area contributed by atoms with Crippen LogP contribution in [0.4, 0.5) is 14.5 Å². The maximum absolute atomic E-state index is 14.3. The van der Waals surface area contributed by atoms with Gasteiger partial charge in [-0.2, -0.15) is 5.10 Å². The van der Waals surface area contributed by atoms with Gasteiger partial charge in [-0.3, -0.25) is 9.80 Å².